The van der Waals surface area contributed by atoms with E-state index in [2.05, 4.69) is 10.6 Å². The molecule has 1 atom stereocenters. The van der Waals surface area contributed by atoms with Gasteiger partial charge in [-0.2, -0.15) is 0 Å². The summed E-state index contributed by atoms with van der Waals surface area (Å²) in [6.07, 6.45) is -0.839. The molecule has 2 N–H and O–H groups in total. The van der Waals surface area contributed by atoms with Crippen molar-refractivity contribution in [1.29, 1.82) is 0 Å². The number of anilines is 2. The Bertz CT molecular complexity index is 686. The van der Waals surface area contributed by atoms with Crippen LogP contribution in [0.4, 0.5) is 11.4 Å². The molecule has 0 heterocycles. The summed E-state index contributed by atoms with van der Waals surface area (Å²) < 4.78 is 10.4. The molecule has 0 saturated carbocycles. The lowest BCUT2D eigenvalue weighted by molar-refractivity contribution is -0.156. The Labute approximate surface area is 147 Å². The first kappa shape index (κ1) is 18.3. The molecule has 0 radical (unpaired) electrons. The largest absolute Gasteiger partial charge is 0.482 e. The molecule has 132 valence electrons. The minimum Gasteiger partial charge on any atom is -0.482 e. The predicted octanol–water partition coefficient (Wildman–Crippen LogP) is 2.88. The van der Waals surface area contributed by atoms with Gasteiger partial charge in [-0.3, -0.25) is 4.79 Å². The number of rotatable bonds is 8. The van der Waals surface area contributed by atoms with Gasteiger partial charge in [0.1, 0.15) is 5.75 Å². The SMILES string of the molecule is CCNC(=O)[C@@H](C)OC(=O)COc1ccc(Nc2ccccc2)cc1. The van der Waals surface area contributed by atoms with Crippen molar-refractivity contribution in [2.45, 2.75) is 20.0 Å². The Morgan fingerprint density at radius 3 is 2.28 bits per heavy atom. The maximum Gasteiger partial charge on any atom is 0.344 e. The van der Waals surface area contributed by atoms with Gasteiger partial charge in [0.05, 0.1) is 0 Å². The molecule has 0 saturated heterocycles. The quantitative estimate of drug-likeness (QED) is 0.722. The van der Waals surface area contributed by atoms with Gasteiger partial charge in [-0.1, -0.05) is 18.2 Å². The number of likely N-dealkylation sites (N-methyl/N-ethyl adjacent to an activating group) is 1. The van der Waals surface area contributed by atoms with Gasteiger partial charge < -0.3 is 20.1 Å². The molecule has 0 aliphatic carbocycles. The Balaban J connectivity index is 1.79. The molecular weight excluding hydrogens is 320 g/mol. The second-order valence-electron chi connectivity index (χ2n) is 5.33. The summed E-state index contributed by atoms with van der Waals surface area (Å²) in [6.45, 7) is 3.55. The topological polar surface area (TPSA) is 76.7 Å². The molecule has 2 aromatic rings. The number of benzene rings is 2. The van der Waals surface area contributed by atoms with Crippen LogP contribution in [0.1, 0.15) is 13.8 Å². The molecule has 0 bridgehead atoms. The second-order valence-corrected chi connectivity index (χ2v) is 5.33. The van der Waals surface area contributed by atoms with Gasteiger partial charge in [0, 0.05) is 17.9 Å². The number of nitrogens with one attached hydrogen (secondary N) is 2. The van der Waals surface area contributed by atoms with Gasteiger partial charge >= 0.3 is 5.97 Å². The zero-order valence-electron chi connectivity index (χ0n) is 14.3. The van der Waals surface area contributed by atoms with Crippen molar-refractivity contribution in [1.82, 2.24) is 5.32 Å². The van der Waals surface area contributed by atoms with Gasteiger partial charge in [0.25, 0.3) is 5.91 Å². The predicted molar refractivity (Wildman–Crippen MR) is 95.9 cm³/mol. The first-order chi connectivity index (χ1) is 12.1. The maximum atomic E-state index is 11.7. The van der Waals surface area contributed by atoms with E-state index in [9.17, 15) is 9.59 Å². The van der Waals surface area contributed by atoms with Gasteiger partial charge in [-0.15, -0.1) is 0 Å². The average molecular weight is 342 g/mol. The van der Waals surface area contributed by atoms with Crippen molar-refractivity contribution in [3.8, 4) is 5.75 Å². The molecule has 25 heavy (non-hydrogen) atoms. The molecule has 0 aliphatic rings. The summed E-state index contributed by atoms with van der Waals surface area (Å²) in [5.41, 5.74) is 1.89. The molecule has 0 aromatic heterocycles. The molecule has 0 fully saturated rings. The Hall–Kier alpha value is -3.02. The second kappa shape index (κ2) is 9.32. The standard InChI is InChI=1S/C19H22N2O4/c1-3-20-19(23)14(2)25-18(22)13-24-17-11-9-16(10-12-17)21-15-7-5-4-6-8-15/h4-12,14,21H,3,13H2,1-2H3,(H,20,23)/t14-/m1/s1. The molecule has 6 heteroatoms. The number of ether oxygens (including phenoxy) is 2. The fraction of sp³-hybridized carbons (Fsp3) is 0.263. The Kier molecular flexibility index (Phi) is 6.83. The first-order valence-electron chi connectivity index (χ1n) is 8.10. The molecule has 0 unspecified atom stereocenters. The van der Waals surface area contributed by atoms with Crippen molar-refractivity contribution in [3.05, 3.63) is 54.6 Å². The fourth-order valence-electron chi connectivity index (χ4n) is 2.07. The molecule has 0 spiro atoms. The van der Waals surface area contributed by atoms with Crippen molar-refractivity contribution in [2.75, 3.05) is 18.5 Å². The summed E-state index contributed by atoms with van der Waals surface area (Å²) in [7, 11) is 0. The van der Waals surface area contributed by atoms with Crippen LogP contribution in [-0.4, -0.2) is 31.1 Å². The number of para-hydroxylation sites is 1. The summed E-state index contributed by atoms with van der Waals surface area (Å²) in [4.78, 5) is 23.2. The van der Waals surface area contributed by atoms with E-state index in [0.29, 0.717) is 12.3 Å². The third kappa shape index (κ3) is 6.18. The van der Waals surface area contributed by atoms with Crippen molar-refractivity contribution in [2.24, 2.45) is 0 Å². The van der Waals surface area contributed by atoms with Gasteiger partial charge in [-0.05, 0) is 50.2 Å². The molecule has 6 nitrogen and oxygen atoms in total. The van der Waals surface area contributed by atoms with Crippen molar-refractivity contribution >= 4 is 23.3 Å². The lowest BCUT2D eigenvalue weighted by Gasteiger charge is -2.13. The summed E-state index contributed by atoms with van der Waals surface area (Å²) in [5.74, 6) is -0.376. The fourth-order valence-corrected chi connectivity index (χ4v) is 2.07. The van der Waals surface area contributed by atoms with E-state index in [-0.39, 0.29) is 12.5 Å². The molecule has 1 amide bonds. The Morgan fingerprint density at radius 2 is 1.64 bits per heavy atom. The maximum absolute atomic E-state index is 11.7. The summed E-state index contributed by atoms with van der Waals surface area (Å²) >= 11 is 0. The zero-order valence-corrected chi connectivity index (χ0v) is 14.3. The van der Waals surface area contributed by atoms with Crippen LogP contribution in [0.3, 0.4) is 0 Å². The lowest BCUT2D eigenvalue weighted by atomic mass is 10.2. The van der Waals surface area contributed by atoms with Crippen LogP contribution in [0.15, 0.2) is 54.6 Å². The first-order valence-corrected chi connectivity index (χ1v) is 8.10. The van der Waals surface area contributed by atoms with E-state index in [1.165, 1.54) is 6.92 Å². The van der Waals surface area contributed by atoms with Gasteiger partial charge in [0.15, 0.2) is 12.7 Å². The molecule has 2 rings (SSSR count). The monoisotopic (exact) mass is 342 g/mol. The van der Waals surface area contributed by atoms with Gasteiger partial charge in [-0.25, -0.2) is 4.79 Å². The third-order valence-electron chi connectivity index (χ3n) is 3.30. The number of hydrogen-bond donors (Lipinski definition) is 2. The number of amides is 1. The normalized spacial score (nSPS) is 11.3. The van der Waals surface area contributed by atoms with Crippen molar-refractivity contribution < 1.29 is 19.1 Å². The highest BCUT2D eigenvalue weighted by Gasteiger charge is 2.17. The number of carbonyl (C=O) groups excluding carboxylic acids is 2. The van der Waals surface area contributed by atoms with E-state index >= 15 is 0 Å². The van der Waals surface area contributed by atoms with E-state index in [4.69, 9.17) is 9.47 Å². The van der Waals surface area contributed by atoms with E-state index in [1.807, 2.05) is 42.5 Å². The van der Waals surface area contributed by atoms with Crippen LogP contribution in [0, 0.1) is 0 Å². The average Bonchev–Trinajstić information content (AvgIpc) is 2.62. The summed E-state index contributed by atoms with van der Waals surface area (Å²) in [5, 5.41) is 5.84. The highest BCUT2D eigenvalue weighted by atomic mass is 16.6. The van der Waals surface area contributed by atoms with Crippen LogP contribution in [0.2, 0.25) is 0 Å². The minimum atomic E-state index is -0.839. The Morgan fingerprint density at radius 1 is 1.00 bits per heavy atom. The van der Waals surface area contributed by atoms with Crippen LogP contribution < -0.4 is 15.4 Å². The molecule has 0 aliphatic heterocycles. The zero-order chi connectivity index (χ0) is 18.1. The van der Waals surface area contributed by atoms with Gasteiger partial charge in [0.2, 0.25) is 0 Å². The van der Waals surface area contributed by atoms with Crippen LogP contribution in [0.5, 0.6) is 5.75 Å². The number of esters is 1. The molecular formula is C19H22N2O4. The van der Waals surface area contributed by atoms with E-state index in [1.54, 1.807) is 19.1 Å². The summed E-state index contributed by atoms with van der Waals surface area (Å²) in [6, 6.07) is 17.0. The van der Waals surface area contributed by atoms with Crippen LogP contribution in [-0.2, 0) is 14.3 Å². The van der Waals surface area contributed by atoms with Crippen LogP contribution >= 0.6 is 0 Å². The smallest absolute Gasteiger partial charge is 0.344 e. The number of hydrogen-bond acceptors (Lipinski definition) is 5. The van der Waals surface area contributed by atoms with E-state index in [0.717, 1.165) is 11.4 Å². The molecule has 2 aromatic carbocycles. The van der Waals surface area contributed by atoms with Crippen molar-refractivity contribution in [3.63, 3.8) is 0 Å². The number of carbonyl (C=O) groups is 2. The highest BCUT2D eigenvalue weighted by molar-refractivity contribution is 5.83. The highest BCUT2D eigenvalue weighted by Crippen LogP contribution is 2.19. The lowest BCUT2D eigenvalue weighted by Crippen LogP contribution is -2.36. The third-order valence-corrected chi connectivity index (χ3v) is 3.30. The van der Waals surface area contributed by atoms with Crippen LogP contribution in [0.25, 0.3) is 0 Å². The minimum absolute atomic E-state index is 0.255. The van der Waals surface area contributed by atoms with E-state index < -0.39 is 12.1 Å².